The van der Waals surface area contributed by atoms with Crippen LogP contribution in [-0.4, -0.2) is 13.3 Å². The van der Waals surface area contributed by atoms with E-state index < -0.39 is 0 Å². The second-order valence-electron chi connectivity index (χ2n) is 2.54. The molecule has 1 heteroatoms. The van der Waals surface area contributed by atoms with Crippen LogP contribution in [0.25, 0.3) is 0 Å². The lowest BCUT2D eigenvalue weighted by molar-refractivity contribution is 0.824. The van der Waals surface area contributed by atoms with Crippen molar-refractivity contribution < 1.29 is 0 Å². The highest BCUT2D eigenvalue weighted by molar-refractivity contribution is 5.68. The van der Waals surface area contributed by atoms with Gasteiger partial charge in [0.15, 0.2) is 0 Å². The van der Waals surface area contributed by atoms with Gasteiger partial charge in [-0.15, -0.1) is 0 Å². The van der Waals surface area contributed by atoms with Crippen molar-refractivity contribution in [3.8, 4) is 0 Å². The van der Waals surface area contributed by atoms with Crippen molar-refractivity contribution in [1.29, 1.82) is 0 Å². The molecule has 0 aromatic carbocycles. The first kappa shape index (κ1) is 4.82. The fourth-order valence-electron chi connectivity index (χ4n) is 0.638. The Hall–Kier alpha value is -0.330. The number of aliphatic imine (C=N–C) groups is 1. The van der Waals surface area contributed by atoms with Gasteiger partial charge in [0, 0.05) is 18.7 Å². The molecule has 0 atom stereocenters. The Labute approximate surface area is 44.5 Å². The van der Waals surface area contributed by atoms with Crippen molar-refractivity contribution in [2.45, 2.75) is 19.8 Å². The first-order chi connectivity index (χ1) is 3.27. The molecule has 0 spiro atoms. The van der Waals surface area contributed by atoms with Crippen LogP contribution in [0.3, 0.4) is 0 Å². The van der Waals surface area contributed by atoms with Crippen LogP contribution in [0, 0.1) is 5.41 Å². The van der Waals surface area contributed by atoms with Gasteiger partial charge in [0.1, 0.15) is 0 Å². The molecule has 0 aliphatic heterocycles. The average Bonchev–Trinajstić information content (AvgIpc) is 2.22. The molecule has 0 amide bonds. The Balaban J connectivity index is 2.40. The van der Waals surface area contributed by atoms with Crippen molar-refractivity contribution in [3.63, 3.8) is 0 Å². The molecular weight excluding hydrogens is 86.1 g/mol. The van der Waals surface area contributed by atoms with Gasteiger partial charge in [-0.25, -0.2) is 0 Å². The van der Waals surface area contributed by atoms with E-state index in [1.807, 2.05) is 13.3 Å². The zero-order valence-corrected chi connectivity index (χ0v) is 4.94. The monoisotopic (exact) mass is 97.1 g/mol. The zero-order valence-electron chi connectivity index (χ0n) is 4.94. The summed E-state index contributed by atoms with van der Waals surface area (Å²) in [6.45, 7) is 2.24. The van der Waals surface area contributed by atoms with E-state index in [9.17, 15) is 0 Å². The fraction of sp³-hybridized carbons (Fsp3) is 0.833. The molecule has 0 heterocycles. The first-order valence-corrected chi connectivity index (χ1v) is 2.70. The van der Waals surface area contributed by atoms with Gasteiger partial charge < -0.3 is 4.99 Å². The standard InChI is InChI=1S/C6H11N/c1-6(3-4-6)5-7-2/h5H,3-4H2,1-2H3. The molecule has 40 valence electrons. The smallest absolute Gasteiger partial charge is 0.0273 e. The minimum Gasteiger partial charge on any atom is -0.300 e. The first-order valence-electron chi connectivity index (χ1n) is 2.70. The molecular formula is C6H11N. The maximum atomic E-state index is 3.94. The highest BCUT2D eigenvalue weighted by atomic mass is 14.7. The van der Waals surface area contributed by atoms with E-state index in [-0.39, 0.29) is 0 Å². The van der Waals surface area contributed by atoms with Gasteiger partial charge in [0.2, 0.25) is 0 Å². The summed E-state index contributed by atoms with van der Waals surface area (Å²) in [5.74, 6) is 0. The normalized spacial score (nSPS) is 26.0. The lowest BCUT2D eigenvalue weighted by Crippen LogP contribution is -1.91. The Morgan fingerprint density at radius 2 is 2.14 bits per heavy atom. The van der Waals surface area contributed by atoms with E-state index in [0.717, 1.165) is 0 Å². The molecule has 0 N–H and O–H groups in total. The van der Waals surface area contributed by atoms with Gasteiger partial charge in [0.05, 0.1) is 0 Å². The van der Waals surface area contributed by atoms with Crippen LogP contribution in [0.5, 0.6) is 0 Å². The molecule has 1 aliphatic carbocycles. The van der Waals surface area contributed by atoms with E-state index in [0.29, 0.717) is 5.41 Å². The van der Waals surface area contributed by atoms with Gasteiger partial charge in [-0.05, 0) is 12.8 Å². The third-order valence-corrected chi connectivity index (χ3v) is 1.48. The largest absolute Gasteiger partial charge is 0.300 e. The van der Waals surface area contributed by atoms with Crippen LogP contribution in [-0.2, 0) is 0 Å². The number of rotatable bonds is 1. The molecule has 0 aromatic heterocycles. The fourth-order valence-corrected chi connectivity index (χ4v) is 0.638. The van der Waals surface area contributed by atoms with E-state index in [4.69, 9.17) is 0 Å². The van der Waals surface area contributed by atoms with Crippen LogP contribution in [0.2, 0.25) is 0 Å². The Bertz CT molecular complexity index is 90.4. The Morgan fingerprint density at radius 1 is 1.57 bits per heavy atom. The summed E-state index contributed by atoms with van der Waals surface area (Å²) in [7, 11) is 1.84. The van der Waals surface area contributed by atoms with Gasteiger partial charge in [-0.3, -0.25) is 0 Å². The number of hydrogen-bond donors (Lipinski definition) is 0. The Morgan fingerprint density at radius 3 is 2.29 bits per heavy atom. The molecule has 1 rings (SSSR count). The van der Waals surface area contributed by atoms with Gasteiger partial charge in [-0.1, -0.05) is 6.92 Å². The van der Waals surface area contributed by atoms with Crippen molar-refractivity contribution in [2.24, 2.45) is 10.4 Å². The van der Waals surface area contributed by atoms with Crippen LogP contribution < -0.4 is 0 Å². The van der Waals surface area contributed by atoms with Crippen molar-refractivity contribution >= 4 is 6.21 Å². The molecule has 0 radical (unpaired) electrons. The minimum absolute atomic E-state index is 0.509. The highest BCUT2D eigenvalue weighted by Gasteiger charge is 2.34. The summed E-state index contributed by atoms with van der Waals surface area (Å²) < 4.78 is 0. The SMILES string of the molecule is CN=CC1(C)CC1. The van der Waals surface area contributed by atoms with E-state index in [1.54, 1.807) is 0 Å². The van der Waals surface area contributed by atoms with E-state index >= 15 is 0 Å². The maximum Gasteiger partial charge on any atom is 0.0273 e. The predicted molar refractivity (Wildman–Crippen MR) is 31.8 cm³/mol. The minimum atomic E-state index is 0.509. The topological polar surface area (TPSA) is 12.4 Å². The molecule has 1 aliphatic rings. The summed E-state index contributed by atoms with van der Waals surface area (Å²) in [6.07, 6.45) is 4.72. The molecule has 0 bridgehead atoms. The van der Waals surface area contributed by atoms with Crippen LogP contribution in [0.1, 0.15) is 19.8 Å². The summed E-state index contributed by atoms with van der Waals surface area (Å²) in [4.78, 5) is 3.94. The van der Waals surface area contributed by atoms with Crippen LogP contribution >= 0.6 is 0 Å². The van der Waals surface area contributed by atoms with E-state index in [2.05, 4.69) is 11.9 Å². The molecule has 0 aromatic rings. The highest BCUT2D eigenvalue weighted by Crippen LogP contribution is 2.42. The molecule has 1 nitrogen and oxygen atoms in total. The maximum absolute atomic E-state index is 3.94. The lowest BCUT2D eigenvalue weighted by Gasteiger charge is -1.91. The summed E-state index contributed by atoms with van der Waals surface area (Å²) >= 11 is 0. The summed E-state index contributed by atoms with van der Waals surface area (Å²) in [5.41, 5.74) is 0.509. The number of nitrogens with zero attached hydrogens (tertiary/aromatic N) is 1. The lowest BCUT2D eigenvalue weighted by atomic mass is 10.2. The number of hydrogen-bond acceptors (Lipinski definition) is 1. The average molecular weight is 97.2 g/mol. The molecule has 1 fully saturated rings. The van der Waals surface area contributed by atoms with Crippen molar-refractivity contribution in [3.05, 3.63) is 0 Å². The third-order valence-electron chi connectivity index (χ3n) is 1.48. The van der Waals surface area contributed by atoms with Crippen LogP contribution in [0.15, 0.2) is 4.99 Å². The van der Waals surface area contributed by atoms with E-state index in [1.165, 1.54) is 12.8 Å². The van der Waals surface area contributed by atoms with Crippen molar-refractivity contribution in [2.75, 3.05) is 7.05 Å². The molecule has 7 heavy (non-hydrogen) atoms. The van der Waals surface area contributed by atoms with Gasteiger partial charge in [-0.2, -0.15) is 0 Å². The van der Waals surface area contributed by atoms with Gasteiger partial charge >= 0.3 is 0 Å². The molecule has 0 saturated heterocycles. The summed E-state index contributed by atoms with van der Waals surface area (Å²) in [5, 5.41) is 0. The molecule has 1 saturated carbocycles. The second kappa shape index (κ2) is 1.32. The van der Waals surface area contributed by atoms with Crippen molar-refractivity contribution in [1.82, 2.24) is 0 Å². The summed E-state index contributed by atoms with van der Waals surface area (Å²) in [6, 6.07) is 0. The Kier molecular flexibility index (Phi) is 0.911. The third kappa shape index (κ3) is 1.02. The second-order valence-corrected chi connectivity index (χ2v) is 2.54. The van der Waals surface area contributed by atoms with Crippen LogP contribution in [0.4, 0.5) is 0 Å². The van der Waals surface area contributed by atoms with Gasteiger partial charge in [0.25, 0.3) is 0 Å². The molecule has 0 unspecified atom stereocenters. The predicted octanol–water partition coefficient (Wildman–Crippen LogP) is 1.49. The zero-order chi connectivity index (χ0) is 5.33. The quantitative estimate of drug-likeness (QED) is 0.439.